The molecule has 0 saturated carbocycles. The first kappa shape index (κ1) is 13.7. The Kier molecular flexibility index (Phi) is 4.63. The molecule has 0 atom stereocenters. The van der Waals surface area contributed by atoms with Gasteiger partial charge in [0.1, 0.15) is 10.8 Å². The lowest BCUT2D eigenvalue weighted by molar-refractivity contribution is 0.0992. The number of ketones is 1. The number of nitrogens with zero attached hydrogens (tertiary/aromatic N) is 2. The van der Waals surface area contributed by atoms with Crippen molar-refractivity contribution in [3.63, 3.8) is 0 Å². The third-order valence-corrected chi connectivity index (χ3v) is 3.45. The molecule has 0 spiro atoms. The predicted octanol–water partition coefficient (Wildman–Crippen LogP) is 3.06. The molecule has 2 heterocycles. The van der Waals surface area contributed by atoms with Gasteiger partial charge in [0.05, 0.1) is 19.2 Å². The van der Waals surface area contributed by atoms with Crippen molar-refractivity contribution in [1.82, 2.24) is 9.97 Å². The molecule has 0 bridgehead atoms. The van der Waals surface area contributed by atoms with Crippen molar-refractivity contribution in [1.29, 1.82) is 0 Å². The highest BCUT2D eigenvalue weighted by Crippen LogP contribution is 2.16. The number of ether oxygens (including phenoxy) is 1. The SMILES string of the molecule is CCCOc1cncc(C(=O)Cc2nc(C)cs2)c1. The molecule has 2 aromatic rings. The zero-order chi connectivity index (χ0) is 13.7. The summed E-state index contributed by atoms with van der Waals surface area (Å²) in [5.74, 6) is 0.659. The number of carbonyl (C=O) groups is 1. The molecular weight excluding hydrogens is 260 g/mol. The number of thiazole rings is 1. The Labute approximate surface area is 116 Å². The van der Waals surface area contributed by atoms with Gasteiger partial charge >= 0.3 is 0 Å². The minimum absolute atomic E-state index is 0.0174. The molecular formula is C14H16N2O2S. The molecule has 2 aromatic heterocycles. The Hall–Kier alpha value is -1.75. The van der Waals surface area contributed by atoms with Crippen LogP contribution in [0.4, 0.5) is 0 Å². The number of hydrogen-bond donors (Lipinski definition) is 0. The Morgan fingerprint density at radius 2 is 2.26 bits per heavy atom. The molecule has 0 aliphatic carbocycles. The Morgan fingerprint density at radius 1 is 1.42 bits per heavy atom. The normalized spacial score (nSPS) is 10.4. The summed E-state index contributed by atoms with van der Waals surface area (Å²) in [4.78, 5) is 20.5. The van der Waals surface area contributed by atoms with Crippen molar-refractivity contribution in [2.24, 2.45) is 0 Å². The van der Waals surface area contributed by atoms with Crippen molar-refractivity contribution in [2.75, 3.05) is 6.61 Å². The smallest absolute Gasteiger partial charge is 0.171 e. The zero-order valence-electron chi connectivity index (χ0n) is 11.0. The topological polar surface area (TPSA) is 52.1 Å². The second-order valence-corrected chi connectivity index (χ2v) is 5.18. The van der Waals surface area contributed by atoms with E-state index in [0.29, 0.717) is 24.3 Å². The third-order valence-electron chi connectivity index (χ3n) is 2.49. The first-order valence-electron chi connectivity index (χ1n) is 6.21. The first-order valence-corrected chi connectivity index (χ1v) is 7.09. The molecule has 0 unspecified atom stereocenters. The number of pyridine rings is 1. The van der Waals surface area contributed by atoms with Gasteiger partial charge in [0, 0.05) is 22.8 Å². The highest BCUT2D eigenvalue weighted by molar-refractivity contribution is 7.09. The third kappa shape index (κ3) is 3.86. The summed E-state index contributed by atoms with van der Waals surface area (Å²) in [7, 11) is 0. The van der Waals surface area contributed by atoms with Gasteiger partial charge < -0.3 is 4.74 Å². The van der Waals surface area contributed by atoms with Crippen LogP contribution in [0.25, 0.3) is 0 Å². The molecule has 5 heteroatoms. The minimum Gasteiger partial charge on any atom is -0.492 e. The molecule has 0 fully saturated rings. The van der Waals surface area contributed by atoms with Gasteiger partial charge in [0.15, 0.2) is 5.78 Å². The fourth-order valence-electron chi connectivity index (χ4n) is 1.59. The van der Waals surface area contributed by atoms with Gasteiger partial charge in [0.2, 0.25) is 0 Å². The number of rotatable bonds is 6. The van der Waals surface area contributed by atoms with Gasteiger partial charge in [-0.2, -0.15) is 0 Å². The fourth-order valence-corrected chi connectivity index (χ4v) is 2.36. The lowest BCUT2D eigenvalue weighted by Crippen LogP contribution is -2.05. The van der Waals surface area contributed by atoms with E-state index in [-0.39, 0.29) is 5.78 Å². The summed E-state index contributed by atoms with van der Waals surface area (Å²) in [6, 6.07) is 1.74. The molecule has 19 heavy (non-hydrogen) atoms. The van der Waals surface area contributed by atoms with E-state index in [0.717, 1.165) is 17.1 Å². The zero-order valence-corrected chi connectivity index (χ0v) is 11.9. The van der Waals surface area contributed by atoms with Crippen molar-refractivity contribution in [2.45, 2.75) is 26.7 Å². The second-order valence-electron chi connectivity index (χ2n) is 4.24. The van der Waals surface area contributed by atoms with Crippen LogP contribution in [0.15, 0.2) is 23.8 Å². The molecule has 0 saturated heterocycles. The van der Waals surface area contributed by atoms with Crippen LogP contribution in [-0.4, -0.2) is 22.4 Å². The van der Waals surface area contributed by atoms with Crippen LogP contribution in [0.3, 0.4) is 0 Å². The van der Waals surface area contributed by atoms with Crippen LogP contribution >= 0.6 is 11.3 Å². The van der Waals surface area contributed by atoms with Crippen molar-refractivity contribution >= 4 is 17.1 Å². The molecule has 100 valence electrons. The van der Waals surface area contributed by atoms with Crippen molar-refractivity contribution in [3.8, 4) is 5.75 Å². The van der Waals surface area contributed by atoms with E-state index in [9.17, 15) is 4.79 Å². The van der Waals surface area contributed by atoms with Crippen molar-refractivity contribution in [3.05, 3.63) is 40.1 Å². The summed E-state index contributed by atoms with van der Waals surface area (Å²) in [5.41, 5.74) is 1.52. The lowest BCUT2D eigenvalue weighted by Gasteiger charge is -2.05. The monoisotopic (exact) mass is 276 g/mol. The first-order chi connectivity index (χ1) is 9.19. The van der Waals surface area contributed by atoms with E-state index in [2.05, 4.69) is 9.97 Å². The maximum absolute atomic E-state index is 12.1. The lowest BCUT2D eigenvalue weighted by atomic mass is 10.1. The average molecular weight is 276 g/mol. The van der Waals surface area contributed by atoms with E-state index >= 15 is 0 Å². The number of aryl methyl sites for hydroxylation is 1. The number of Topliss-reactive ketones (excluding diaryl/α,β-unsaturated/α-hetero) is 1. The van der Waals surface area contributed by atoms with Crippen LogP contribution in [0, 0.1) is 6.92 Å². The second kappa shape index (κ2) is 6.43. The number of hydrogen-bond acceptors (Lipinski definition) is 5. The summed E-state index contributed by atoms with van der Waals surface area (Å²) < 4.78 is 5.47. The van der Waals surface area contributed by atoms with Gasteiger partial charge in [-0.15, -0.1) is 11.3 Å². The summed E-state index contributed by atoms with van der Waals surface area (Å²) in [5, 5.41) is 2.78. The largest absolute Gasteiger partial charge is 0.492 e. The van der Waals surface area contributed by atoms with E-state index in [1.807, 2.05) is 19.2 Å². The number of aromatic nitrogens is 2. The Balaban J connectivity index is 2.06. The maximum atomic E-state index is 12.1. The average Bonchev–Trinajstić information content (AvgIpc) is 2.82. The standard InChI is InChI=1S/C14H16N2O2S/c1-3-4-18-12-5-11(7-15-8-12)13(17)6-14-16-10(2)9-19-14/h5,7-9H,3-4,6H2,1-2H3. The fraction of sp³-hybridized carbons (Fsp3) is 0.357. The predicted molar refractivity (Wildman–Crippen MR) is 74.9 cm³/mol. The highest BCUT2D eigenvalue weighted by Gasteiger charge is 2.11. The van der Waals surface area contributed by atoms with Gasteiger partial charge in [0.25, 0.3) is 0 Å². The van der Waals surface area contributed by atoms with Crippen LogP contribution in [0.1, 0.15) is 34.4 Å². The van der Waals surface area contributed by atoms with Gasteiger partial charge in [-0.25, -0.2) is 4.98 Å². The van der Waals surface area contributed by atoms with E-state index in [1.165, 1.54) is 11.3 Å². The maximum Gasteiger partial charge on any atom is 0.171 e. The molecule has 4 nitrogen and oxygen atoms in total. The molecule has 0 radical (unpaired) electrons. The molecule has 0 N–H and O–H groups in total. The van der Waals surface area contributed by atoms with Gasteiger partial charge in [-0.1, -0.05) is 6.92 Å². The molecule has 0 amide bonds. The van der Waals surface area contributed by atoms with Crippen molar-refractivity contribution < 1.29 is 9.53 Å². The van der Waals surface area contributed by atoms with Crippen LogP contribution in [0.5, 0.6) is 5.75 Å². The van der Waals surface area contributed by atoms with E-state index in [4.69, 9.17) is 4.74 Å². The van der Waals surface area contributed by atoms with Crippen LogP contribution < -0.4 is 4.74 Å². The van der Waals surface area contributed by atoms with E-state index in [1.54, 1.807) is 18.5 Å². The minimum atomic E-state index is 0.0174. The van der Waals surface area contributed by atoms with Gasteiger partial charge in [-0.3, -0.25) is 9.78 Å². The van der Waals surface area contributed by atoms with Crippen LogP contribution in [-0.2, 0) is 6.42 Å². The summed E-state index contributed by atoms with van der Waals surface area (Å²) >= 11 is 1.51. The number of carbonyl (C=O) groups excluding carboxylic acids is 1. The van der Waals surface area contributed by atoms with Crippen LogP contribution in [0.2, 0.25) is 0 Å². The quantitative estimate of drug-likeness (QED) is 0.761. The summed E-state index contributed by atoms with van der Waals surface area (Å²) in [6.45, 7) is 4.59. The molecule has 0 aromatic carbocycles. The van der Waals surface area contributed by atoms with E-state index < -0.39 is 0 Å². The summed E-state index contributed by atoms with van der Waals surface area (Å²) in [6.07, 6.45) is 4.44. The molecule has 2 rings (SSSR count). The highest BCUT2D eigenvalue weighted by atomic mass is 32.1. The van der Waals surface area contributed by atoms with Gasteiger partial charge in [-0.05, 0) is 19.4 Å². The Morgan fingerprint density at radius 3 is 2.95 bits per heavy atom. The molecule has 0 aliphatic rings. The molecule has 0 aliphatic heterocycles. The Bertz CT molecular complexity index is 566.